The van der Waals surface area contributed by atoms with Crippen LogP contribution in [0, 0.1) is 21.8 Å². The van der Waals surface area contributed by atoms with E-state index in [1.54, 1.807) is 17.0 Å². The third-order valence-electron chi connectivity index (χ3n) is 9.75. The molecule has 0 aliphatic carbocycles. The van der Waals surface area contributed by atoms with Crippen LogP contribution in [0.5, 0.6) is 0 Å². The zero-order valence-electron chi connectivity index (χ0n) is 28.4. The molecule has 2 amide bonds. The highest BCUT2D eigenvalue weighted by molar-refractivity contribution is 7.89. The van der Waals surface area contributed by atoms with Crippen LogP contribution in [0.1, 0.15) is 50.2 Å². The van der Waals surface area contributed by atoms with Gasteiger partial charge in [-0.25, -0.2) is 17.6 Å². The number of aryl methyl sites for hydroxylation is 1. The maximum absolute atomic E-state index is 15.8. The Balaban J connectivity index is 1.37. The summed E-state index contributed by atoms with van der Waals surface area (Å²) in [6.45, 7) is 2.33. The first-order valence-corrected chi connectivity index (χ1v) is 18.5. The fourth-order valence-corrected chi connectivity index (χ4v) is 8.77. The van der Waals surface area contributed by atoms with Crippen LogP contribution in [-0.4, -0.2) is 90.2 Å². The molecule has 2 unspecified atom stereocenters. The number of nitro benzene ring substituents is 1. The molecule has 0 bridgehead atoms. The molecular weight excluding hydrogens is 683 g/mol. The highest BCUT2D eigenvalue weighted by Gasteiger charge is 2.44. The van der Waals surface area contributed by atoms with Gasteiger partial charge in [0.2, 0.25) is 15.9 Å². The first-order valence-electron chi connectivity index (χ1n) is 17.1. The van der Waals surface area contributed by atoms with Gasteiger partial charge in [-0.05, 0) is 60.9 Å². The second kappa shape index (κ2) is 16.3. The molecule has 51 heavy (non-hydrogen) atoms. The highest BCUT2D eigenvalue weighted by Crippen LogP contribution is 2.44. The Hall–Kier alpha value is -4.44. The van der Waals surface area contributed by atoms with E-state index in [2.05, 4.69) is 5.32 Å². The Bertz CT molecular complexity index is 1860. The third kappa shape index (κ3) is 8.55. The summed E-state index contributed by atoms with van der Waals surface area (Å²) in [6.07, 6.45) is -0.0637. The number of hydrogen-bond donors (Lipinski definition) is 3. The number of nitro groups is 1. The van der Waals surface area contributed by atoms with E-state index in [9.17, 15) is 33.2 Å². The summed E-state index contributed by atoms with van der Waals surface area (Å²) in [7, 11) is -4.26. The lowest BCUT2D eigenvalue weighted by Crippen LogP contribution is -2.51. The van der Waals surface area contributed by atoms with Gasteiger partial charge in [0.05, 0.1) is 29.7 Å². The smallest absolute Gasteiger partial charge is 0.404 e. The molecule has 0 radical (unpaired) electrons. The van der Waals surface area contributed by atoms with E-state index in [4.69, 9.17) is 9.84 Å². The minimum absolute atomic E-state index is 0.00780. The number of carboxylic acid groups (broad SMARTS) is 1. The van der Waals surface area contributed by atoms with Crippen molar-refractivity contribution in [1.82, 2.24) is 14.5 Å². The Morgan fingerprint density at radius 2 is 1.86 bits per heavy atom. The monoisotopic (exact) mass is 726 g/mol. The second-order valence-corrected chi connectivity index (χ2v) is 14.8. The minimum Gasteiger partial charge on any atom is -0.465 e. The lowest BCUT2D eigenvalue weighted by Gasteiger charge is -2.44. The van der Waals surface area contributed by atoms with E-state index < -0.39 is 55.1 Å². The molecule has 0 spiro atoms. The molecule has 2 aliphatic heterocycles. The Labute approximate surface area is 296 Å². The lowest BCUT2D eigenvalue weighted by atomic mass is 9.72. The van der Waals surface area contributed by atoms with Gasteiger partial charge in [-0.3, -0.25) is 14.9 Å². The van der Waals surface area contributed by atoms with Crippen molar-refractivity contribution in [3.63, 3.8) is 0 Å². The van der Waals surface area contributed by atoms with Crippen LogP contribution in [-0.2, 0) is 31.6 Å². The van der Waals surface area contributed by atoms with E-state index in [1.807, 2.05) is 25.1 Å². The van der Waals surface area contributed by atoms with E-state index in [1.165, 1.54) is 30.3 Å². The minimum atomic E-state index is -4.26. The normalized spacial score (nSPS) is 19.6. The molecule has 3 N–H and O–H groups in total. The number of amides is 2. The van der Waals surface area contributed by atoms with Crippen molar-refractivity contribution in [2.45, 2.75) is 62.0 Å². The summed E-state index contributed by atoms with van der Waals surface area (Å²) in [5.41, 5.74) is 0.0147. The number of nitrogens with zero attached hydrogens (tertiary/aromatic N) is 3. The SMILES string of the molecule is CCc1cccc(-c2c(F)cccc2C(O)(CCCNC(=O)O)[C@@H]2CCCN(C(=O)CC3CN(S(=O)(=O)c4ccccc4[N+](=O)[O-])CCO3)C2)c1. The van der Waals surface area contributed by atoms with Gasteiger partial charge in [-0.15, -0.1) is 0 Å². The average Bonchev–Trinajstić information content (AvgIpc) is 3.13. The summed E-state index contributed by atoms with van der Waals surface area (Å²) in [6, 6.07) is 17.1. The number of ether oxygens (including phenoxy) is 1. The number of morpholine rings is 1. The molecule has 2 heterocycles. The Morgan fingerprint density at radius 3 is 2.61 bits per heavy atom. The number of piperidine rings is 1. The van der Waals surface area contributed by atoms with E-state index in [-0.39, 0.29) is 63.5 Å². The molecule has 2 saturated heterocycles. The molecule has 15 heteroatoms. The van der Waals surface area contributed by atoms with Crippen LogP contribution in [0.2, 0.25) is 0 Å². The largest absolute Gasteiger partial charge is 0.465 e. The summed E-state index contributed by atoms with van der Waals surface area (Å²) in [4.78, 5) is 36.9. The molecule has 3 aromatic carbocycles. The number of rotatable bonds is 13. The van der Waals surface area contributed by atoms with Crippen molar-refractivity contribution in [3.05, 3.63) is 93.8 Å². The number of halogens is 1. The first kappa shape index (κ1) is 37.8. The molecule has 3 aromatic rings. The lowest BCUT2D eigenvalue weighted by molar-refractivity contribution is -0.387. The van der Waals surface area contributed by atoms with Gasteiger partial charge in [0.25, 0.3) is 5.69 Å². The number of hydrogen-bond acceptors (Lipinski definition) is 8. The molecule has 0 aromatic heterocycles. The molecule has 0 saturated carbocycles. The quantitative estimate of drug-likeness (QED) is 0.125. The van der Waals surface area contributed by atoms with Crippen LogP contribution in [0.15, 0.2) is 71.6 Å². The van der Waals surface area contributed by atoms with E-state index in [0.29, 0.717) is 30.5 Å². The molecular formula is C36H43FN4O9S. The maximum atomic E-state index is 15.8. The van der Waals surface area contributed by atoms with Gasteiger partial charge in [-0.1, -0.05) is 55.5 Å². The molecule has 13 nitrogen and oxygen atoms in total. The van der Waals surface area contributed by atoms with Crippen LogP contribution < -0.4 is 5.32 Å². The molecule has 2 fully saturated rings. The van der Waals surface area contributed by atoms with Gasteiger partial charge >= 0.3 is 6.09 Å². The molecule has 5 rings (SSSR count). The van der Waals surface area contributed by atoms with Crippen molar-refractivity contribution in [1.29, 1.82) is 0 Å². The van der Waals surface area contributed by atoms with Crippen molar-refractivity contribution in [2.75, 3.05) is 39.3 Å². The average molecular weight is 727 g/mol. The number of benzene rings is 3. The number of likely N-dealkylation sites (tertiary alicyclic amines) is 1. The van der Waals surface area contributed by atoms with Crippen LogP contribution in [0.3, 0.4) is 0 Å². The van der Waals surface area contributed by atoms with Crippen molar-refractivity contribution in [2.24, 2.45) is 5.92 Å². The standard InChI is InChI=1S/C36H43FN4O9S/c1-2-25-9-5-10-26(21-25)34-29(12-6-13-30(34)37)36(45,16-8-17-38-35(43)44)27-11-7-18-39(23-27)33(42)22-28-24-40(19-20-50-28)51(48,49)32-15-4-3-14-31(32)41(46)47/h3-6,9-10,12-15,21,27-28,38,45H,2,7-8,11,16-20,22-24H2,1H3,(H,43,44)/t27-,28?,36?/m1/s1. The van der Waals surface area contributed by atoms with Gasteiger partial charge < -0.3 is 25.2 Å². The zero-order chi connectivity index (χ0) is 36.8. The predicted octanol–water partition coefficient (Wildman–Crippen LogP) is 4.92. The topological polar surface area (TPSA) is 180 Å². The van der Waals surface area contributed by atoms with Crippen molar-refractivity contribution in [3.8, 4) is 11.1 Å². The van der Waals surface area contributed by atoms with Gasteiger partial charge in [0.15, 0.2) is 4.90 Å². The molecule has 2 aliphatic rings. The maximum Gasteiger partial charge on any atom is 0.404 e. The molecule has 3 atom stereocenters. The van der Waals surface area contributed by atoms with Crippen LogP contribution in [0.25, 0.3) is 11.1 Å². The second-order valence-electron chi connectivity index (χ2n) is 12.9. The fourth-order valence-electron chi connectivity index (χ4n) is 7.15. The number of carbonyl (C=O) groups is 2. The number of aliphatic hydroxyl groups is 1. The van der Waals surface area contributed by atoms with Gasteiger partial charge in [-0.2, -0.15) is 4.31 Å². The summed E-state index contributed by atoms with van der Waals surface area (Å²) in [5, 5.41) is 35.7. The van der Waals surface area contributed by atoms with Crippen molar-refractivity contribution < 1.29 is 42.3 Å². The Morgan fingerprint density at radius 1 is 1.10 bits per heavy atom. The number of carbonyl (C=O) groups excluding carboxylic acids is 1. The Kier molecular flexibility index (Phi) is 12.1. The first-order chi connectivity index (χ1) is 24.3. The fraction of sp³-hybridized carbons (Fsp3) is 0.444. The van der Waals surface area contributed by atoms with Crippen LogP contribution in [0.4, 0.5) is 14.9 Å². The highest BCUT2D eigenvalue weighted by atomic mass is 32.2. The number of sulfonamides is 1. The number of para-hydroxylation sites is 1. The number of nitrogens with one attached hydrogen (secondary N) is 1. The summed E-state index contributed by atoms with van der Waals surface area (Å²) >= 11 is 0. The summed E-state index contributed by atoms with van der Waals surface area (Å²) < 4.78 is 49.5. The third-order valence-corrected chi connectivity index (χ3v) is 11.7. The van der Waals surface area contributed by atoms with Crippen LogP contribution >= 0.6 is 0 Å². The predicted molar refractivity (Wildman–Crippen MR) is 186 cm³/mol. The van der Waals surface area contributed by atoms with E-state index >= 15 is 4.39 Å². The molecule has 274 valence electrons. The van der Waals surface area contributed by atoms with Gasteiger partial charge in [0.1, 0.15) is 5.82 Å². The van der Waals surface area contributed by atoms with Crippen molar-refractivity contribution >= 4 is 27.7 Å². The zero-order valence-corrected chi connectivity index (χ0v) is 29.2. The summed E-state index contributed by atoms with van der Waals surface area (Å²) in [5.74, 6) is -1.38. The van der Waals surface area contributed by atoms with Gasteiger partial charge in [0, 0.05) is 50.3 Å². The van der Waals surface area contributed by atoms with E-state index in [0.717, 1.165) is 22.4 Å².